The molecule has 1 unspecified atom stereocenters. The van der Waals surface area contributed by atoms with Gasteiger partial charge in [0.1, 0.15) is 5.78 Å². The molecule has 1 aromatic rings. The largest absolute Gasteiger partial charge is 0.299 e. The molecule has 0 saturated heterocycles. The molecule has 2 atom stereocenters. The van der Waals surface area contributed by atoms with Crippen molar-refractivity contribution in [1.29, 1.82) is 0 Å². The average Bonchev–Trinajstić information content (AvgIpc) is 2.69. The Hall–Kier alpha value is -1.11. The number of carbonyl (C=O) groups excluding carboxylic acids is 1. The van der Waals surface area contributed by atoms with Gasteiger partial charge in [0.15, 0.2) is 0 Å². The lowest BCUT2D eigenvalue weighted by atomic mass is 9.92. The number of benzene rings is 1. The van der Waals surface area contributed by atoms with Crippen molar-refractivity contribution < 1.29 is 4.79 Å². The molecular formula is C24H46O. The van der Waals surface area contributed by atoms with Crippen LogP contribution in [0.5, 0.6) is 0 Å². The quantitative estimate of drug-likeness (QED) is 0.462. The van der Waals surface area contributed by atoms with Gasteiger partial charge < -0.3 is 0 Å². The first-order valence-electron chi connectivity index (χ1n) is 10.6. The van der Waals surface area contributed by atoms with Crippen molar-refractivity contribution in [2.75, 3.05) is 0 Å². The van der Waals surface area contributed by atoms with Crippen LogP contribution in [0.4, 0.5) is 0 Å². The third-order valence-electron chi connectivity index (χ3n) is 4.01. The Morgan fingerprint density at radius 3 is 1.80 bits per heavy atom. The second-order valence-electron chi connectivity index (χ2n) is 6.07. The fraction of sp³-hybridized carbons (Fsp3) is 0.708. The number of carbonyl (C=O) groups is 1. The van der Waals surface area contributed by atoms with Gasteiger partial charge in [0.05, 0.1) is 0 Å². The molecule has 1 heteroatoms. The van der Waals surface area contributed by atoms with Gasteiger partial charge in [0.2, 0.25) is 0 Å². The van der Waals surface area contributed by atoms with Gasteiger partial charge in [0, 0.05) is 12.3 Å². The van der Waals surface area contributed by atoms with Gasteiger partial charge in [-0.3, -0.25) is 4.79 Å². The Bertz CT molecular complexity index is 356. The van der Waals surface area contributed by atoms with E-state index in [-0.39, 0.29) is 5.92 Å². The van der Waals surface area contributed by atoms with E-state index in [4.69, 9.17) is 0 Å². The zero-order valence-corrected chi connectivity index (χ0v) is 18.7. The van der Waals surface area contributed by atoms with E-state index in [1.54, 1.807) is 0 Å². The van der Waals surface area contributed by atoms with Gasteiger partial charge in [-0.1, -0.05) is 112 Å². The van der Waals surface area contributed by atoms with Crippen molar-refractivity contribution in [2.45, 2.75) is 101 Å². The minimum absolute atomic E-state index is 0.268. The maximum Gasteiger partial charge on any atom is 0.135 e. The Morgan fingerprint density at radius 1 is 0.920 bits per heavy atom. The molecule has 0 saturated carbocycles. The lowest BCUT2D eigenvalue weighted by molar-refractivity contribution is -0.123. The molecule has 0 aliphatic rings. The summed E-state index contributed by atoms with van der Waals surface area (Å²) in [5.74, 6) is 1.30. The number of aryl methyl sites for hydroxylation is 1. The molecule has 0 N–H and O–H groups in total. The highest BCUT2D eigenvalue weighted by molar-refractivity contribution is 5.80. The summed E-state index contributed by atoms with van der Waals surface area (Å²) in [6.45, 7) is 18.7. The molecule has 0 bridgehead atoms. The van der Waals surface area contributed by atoms with Crippen molar-refractivity contribution in [3.63, 3.8) is 0 Å². The van der Waals surface area contributed by atoms with Gasteiger partial charge in [-0.25, -0.2) is 0 Å². The van der Waals surface area contributed by atoms with Crippen LogP contribution >= 0.6 is 0 Å². The average molecular weight is 351 g/mol. The molecule has 0 aromatic heterocycles. The van der Waals surface area contributed by atoms with E-state index in [2.05, 4.69) is 52.0 Å². The summed E-state index contributed by atoms with van der Waals surface area (Å²) in [4.78, 5) is 11.5. The number of Topliss-reactive ketones (excluding diaryl/α,β-unsaturated/α-hetero) is 1. The lowest BCUT2D eigenvalue weighted by Crippen LogP contribution is -2.13. The van der Waals surface area contributed by atoms with E-state index in [0.29, 0.717) is 11.7 Å². The SMILES string of the molecule is CC.CC.CCCC[C@H](C)CC(=O)C(C)CC.CCc1ccccc1. The summed E-state index contributed by atoms with van der Waals surface area (Å²) < 4.78 is 0. The Kier molecular flexibility index (Phi) is 26.3. The standard InChI is InChI=1S/C12H24O.C8H10.2C2H6/c1-5-7-8-10(3)9-12(13)11(4)6-2;1-2-8-6-4-3-5-7-8;2*1-2/h10-11H,5-9H2,1-4H3;3-7H,2H2,1H3;2*1-2H3/t10-,11?;;;/m0.../s1. The molecule has 1 rings (SSSR count). The monoisotopic (exact) mass is 350 g/mol. The molecule has 0 aliphatic heterocycles. The Balaban J connectivity index is -0.000000343. The van der Waals surface area contributed by atoms with E-state index in [9.17, 15) is 4.79 Å². The second kappa shape index (κ2) is 22.9. The molecular weight excluding hydrogens is 304 g/mol. The summed E-state index contributed by atoms with van der Waals surface area (Å²) in [7, 11) is 0. The number of rotatable bonds is 8. The topological polar surface area (TPSA) is 17.1 Å². The zero-order valence-electron chi connectivity index (χ0n) is 18.7. The maximum atomic E-state index is 11.5. The van der Waals surface area contributed by atoms with Gasteiger partial charge in [-0.05, 0) is 24.3 Å². The number of hydrogen-bond acceptors (Lipinski definition) is 1. The van der Waals surface area contributed by atoms with E-state index in [1.165, 1.54) is 24.8 Å². The predicted molar refractivity (Wildman–Crippen MR) is 116 cm³/mol. The number of unbranched alkanes of at least 4 members (excludes halogenated alkanes) is 1. The first-order valence-corrected chi connectivity index (χ1v) is 10.6. The minimum atomic E-state index is 0.268. The molecule has 0 fully saturated rings. The van der Waals surface area contributed by atoms with Crippen molar-refractivity contribution in [2.24, 2.45) is 11.8 Å². The molecule has 0 heterocycles. The van der Waals surface area contributed by atoms with Crippen LogP contribution < -0.4 is 0 Å². The summed E-state index contributed by atoms with van der Waals surface area (Å²) in [5, 5.41) is 0. The molecule has 0 aliphatic carbocycles. The lowest BCUT2D eigenvalue weighted by Gasteiger charge is -2.12. The van der Waals surface area contributed by atoms with Crippen LogP contribution in [0.2, 0.25) is 0 Å². The van der Waals surface area contributed by atoms with Crippen LogP contribution in [0.15, 0.2) is 30.3 Å². The summed E-state index contributed by atoms with van der Waals surface area (Å²) in [6.07, 6.45) is 6.62. The van der Waals surface area contributed by atoms with Gasteiger partial charge >= 0.3 is 0 Å². The highest BCUT2D eigenvalue weighted by atomic mass is 16.1. The van der Waals surface area contributed by atoms with Gasteiger partial charge in [-0.15, -0.1) is 0 Å². The smallest absolute Gasteiger partial charge is 0.135 e. The van der Waals surface area contributed by atoms with Gasteiger partial charge in [-0.2, -0.15) is 0 Å². The Labute approximate surface area is 159 Å². The van der Waals surface area contributed by atoms with Crippen LogP contribution in [0.3, 0.4) is 0 Å². The van der Waals surface area contributed by atoms with Crippen molar-refractivity contribution in [3.05, 3.63) is 35.9 Å². The van der Waals surface area contributed by atoms with Crippen LogP contribution in [-0.4, -0.2) is 5.78 Å². The zero-order chi connectivity index (χ0) is 20.1. The van der Waals surface area contributed by atoms with E-state index >= 15 is 0 Å². The molecule has 25 heavy (non-hydrogen) atoms. The summed E-state index contributed by atoms with van der Waals surface area (Å²) in [5.41, 5.74) is 1.41. The first kappa shape index (κ1) is 28.7. The first-order chi connectivity index (χ1) is 12.0. The fourth-order valence-electron chi connectivity index (χ4n) is 2.14. The highest BCUT2D eigenvalue weighted by Gasteiger charge is 2.13. The van der Waals surface area contributed by atoms with Crippen LogP contribution in [0.1, 0.15) is 100.0 Å². The molecule has 0 amide bonds. The van der Waals surface area contributed by atoms with Crippen LogP contribution in [0.25, 0.3) is 0 Å². The molecule has 0 radical (unpaired) electrons. The Morgan fingerprint density at radius 2 is 1.44 bits per heavy atom. The van der Waals surface area contributed by atoms with E-state index in [0.717, 1.165) is 19.3 Å². The minimum Gasteiger partial charge on any atom is -0.299 e. The normalized spacial score (nSPS) is 11.4. The molecule has 1 aromatic carbocycles. The van der Waals surface area contributed by atoms with Crippen molar-refractivity contribution in [3.8, 4) is 0 Å². The van der Waals surface area contributed by atoms with Crippen molar-refractivity contribution >= 4 is 5.78 Å². The summed E-state index contributed by atoms with van der Waals surface area (Å²) in [6, 6.07) is 10.5. The molecule has 1 nitrogen and oxygen atoms in total. The number of hydrogen-bond donors (Lipinski definition) is 0. The third kappa shape index (κ3) is 19.1. The highest BCUT2D eigenvalue weighted by Crippen LogP contribution is 2.16. The van der Waals surface area contributed by atoms with Crippen LogP contribution in [-0.2, 0) is 11.2 Å². The van der Waals surface area contributed by atoms with Crippen molar-refractivity contribution in [1.82, 2.24) is 0 Å². The molecule has 0 spiro atoms. The summed E-state index contributed by atoms with van der Waals surface area (Å²) >= 11 is 0. The van der Waals surface area contributed by atoms with E-state index in [1.807, 2.05) is 40.7 Å². The second-order valence-corrected chi connectivity index (χ2v) is 6.07. The third-order valence-corrected chi connectivity index (χ3v) is 4.01. The van der Waals surface area contributed by atoms with Crippen LogP contribution in [0, 0.1) is 11.8 Å². The van der Waals surface area contributed by atoms with E-state index < -0.39 is 0 Å². The maximum absolute atomic E-state index is 11.5. The number of ketones is 1. The predicted octanol–water partition coefficient (Wildman–Crippen LogP) is 8.12. The molecule has 148 valence electrons. The fourth-order valence-corrected chi connectivity index (χ4v) is 2.14. The van der Waals surface area contributed by atoms with Gasteiger partial charge in [0.25, 0.3) is 0 Å².